The molecule has 1 unspecified atom stereocenters. The van der Waals surface area contributed by atoms with Crippen LogP contribution in [0.4, 0.5) is 0 Å². The minimum atomic E-state index is -2.48. The van der Waals surface area contributed by atoms with Crippen molar-refractivity contribution < 1.29 is 28.3 Å². The van der Waals surface area contributed by atoms with Gasteiger partial charge in [0.05, 0.1) is 43.3 Å². The summed E-state index contributed by atoms with van der Waals surface area (Å²) in [5.74, 6) is 0. The molecule has 0 spiro atoms. The van der Waals surface area contributed by atoms with E-state index in [-0.39, 0.29) is 26.4 Å². The van der Waals surface area contributed by atoms with Crippen LogP contribution in [-0.2, 0) is 15.5 Å². The van der Waals surface area contributed by atoms with E-state index >= 15 is 0 Å². The Hall–Kier alpha value is -0.0900. The third-order valence-electron chi connectivity index (χ3n) is 2.16. The molecule has 0 amide bonds. The normalized spacial score (nSPS) is 14.0. The summed E-state index contributed by atoms with van der Waals surface area (Å²) in [6.45, 7) is -0.581. The van der Waals surface area contributed by atoms with Crippen molar-refractivity contribution in [3.63, 3.8) is 0 Å². The highest BCUT2D eigenvalue weighted by Crippen LogP contribution is 2.02. The lowest BCUT2D eigenvalue weighted by atomic mass is 10.0. The monoisotopic (exact) mass is 256 g/mol. The Morgan fingerprint density at radius 2 is 1.75 bits per heavy atom. The summed E-state index contributed by atoms with van der Waals surface area (Å²) >= 11 is -2.48. The molecule has 0 fully saturated rings. The lowest BCUT2D eigenvalue weighted by Gasteiger charge is -2.28. The Kier molecular flexibility index (Phi) is 8.94. The molecule has 16 heavy (non-hydrogen) atoms. The van der Waals surface area contributed by atoms with Gasteiger partial charge in [0, 0.05) is 0 Å². The molecule has 0 saturated heterocycles. The lowest BCUT2D eigenvalue weighted by Crippen LogP contribution is -2.55. The summed E-state index contributed by atoms with van der Waals surface area (Å²) in [5, 5.41) is 29.7. The van der Waals surface area contributed by atoms with E-state index in [0.29, 0.717) is 19.4 Å². The molecule has 0 saturated carbocycles. The van der Waals surface area contributed by atoms with Crippen LogP contribution in [0.3, 0.4) is 0 Å². The van der Waals surface area contributed by atoms with Gasteiger partial charge >= 0.3 is 0 Å². The first-order chi connectivity index (χ1) is 7.60. The fourth-order valence-corrected chi connectivity index (χ4v) is 1.28. The van der Waals surface area contributed by atoms with Crippen LogP contribution >= 0.6 is 0 Å². The first kappa shape index (κ1) is 15.9. The molecule has 1 atom stereocenters. The van der Waals surface area contributed by atoms with Crippen LogP contribution in [0.5, 0.6) is 0 Å². The Balaban J connectivity index is 3.59. The van der Waals surface area contributed by atoms with E-state index < -0.39 is 16.9 Å². The summed E-state index contributed by atoms with van der Waals surface area (Å²) in [6.07, 6.45) is 1.14. The minimum Gasteiger partial charge on any atom is -0.750 e. The highest BCUT2D eigenvalue weighted by atomic mass is 32.2. The van der Waals surface area contributed by atoms with Gasteiger partial charge in [-0.2, -0.15) is 0 Å². The molecule has 4 N–H and O–H groups in total. The van der Waals surface area contributed by atoms with Crippen LogP contribution in [0, 0.1) is 0 Å². The maximum atomic E-state index is 9.99. The van der Waals surface area contributed by atoms with Crippen molar-refractivity contribution in [1.82, 2.24) is 5.32 Å². The van der Waals surface area contributed by atoms with E-state index in [1.165, 1.54) is 0 Å². The molecule has 0 aliphatic carbocycles. The topological polar surface area (TPSA) is 122 Å². The predicted octanol–water partition coefficient (Wildman–Crippen LogP) is -2.12. The number of hydrogen-bond donors (Lipinski definition) is 4. The predicted molar refractivity (Wildman–Crippen MR) is 56.1 cm³/mol. The number of unbranched alkanes of at least 4 members (excludes halogenated alkanes) is 1. The molecule has 0 heterocycles. The van der Waals surface area contributed by atoms with Gasteiger partial charge in [0.1, 0.15) is 0 Å². The maximum absolute atomic E-state index is 9.99. The number of nitrogens with one attached hydrogen (secondary N) is 1. The second kappa shape index (κ2) is 8.99. The molecule has 0 rings (SSSR count). The Labute approximate surface area is 96.9 Å². The van der Waals surface area contributed by atoms with E-state index in [2.05, 4.69) is 9.50 Å². The third kappa shape index (κ3) is 6.48. The van der Waals surface area contributed by atoms with Crippen molar-refractivity contribution in [3.05, 3.63) is 0 Å². The Morgan fingerprint density at radius 3 is 2.19 bits per heavy atom. The summed E-state index contributed by atoms with van der Waals surface area (Å²) in [5.41, 5.74) is -1.08. The molecule has 8 heteroatoms. The van der Waals surface area contributed by atoms with Crippen molar-refractivity contribution in [2.45, 2.75) is 18.4 Å². The minimum absolute atomic E-state index is 0.0994. The van der Waals surface area contributed by atoms with Gasteiger partial charge in [0.15, 0.2) is 0 Å². The second-order valence-electron chi connectivity index (χ2n) is 3.41. The first-order valence-corrected chi connectivity index (χ1v) is 5.90. The van der Waals surface area contributed by atoms with Gasteiger partial charge < -0.3 is 29.4 Å². The molecule has 0 aromatic heterocycles. The molecule has 7 nitrogen and oxygen atoms in total. The van der Waals surface area contributed by atoms with Crippen molar-refractivity contribution in [2.75, 3.05) is 33.0 Å². The van der Waals surface area contributed by atoms with Crippen molar-refractivity contribution in [1.29, 1.82) is 0 Å². The average Bonchev–Trinajstić information content (AvgIpc) is 2.29. The van der Waals surface area contributed by atoms with Crippen LogP contribution in [0.25, 0.3) is 0 Å². The molecule has 0 radical (unpaired) electrons. The molecule has 0 aromatic rings. The van der Waals surface area contributed by atoms with Gasteiger partial charge in [-0.25, -0.2) is 4.21 Å². The SMILES string of the molecule is O=S([O-])OCCCCNC(CO)(CO)CO. The van der Waals surface area contributed by atoms with Crippen molar-refractivity contribution in [2.24, 2.45) is 0 Å². The van der Waals surface area contributed by atoms with Crippen molar-refractivity contribution >= 4 is 11.4 Å². The fourth-order valence-electron chi connectivity index (χ4n) is 1.03. The van der Waals surface area contributed by atoms with E-state index in [1.807, 2.05) is 0 Å². The molecular weight excluding hydrogens is 238 g/mol. The summed E-state index contributed by atoms with van der Waals surface area (Å²) in [4.78, 5) is 0. The molecule has 0 aliphatic heterocycles. The van der Waals surface area contributed by atoms with E-state index in [1.54, 1.807) is 0 Å². The number of hydrogen-bond acceptors (Lipinski definition) is 7. The molecule has 0 aliphatic rings. The number of rotatable bonds is 10. The molecule has 98 valence electrons. The highest BCUT2D eigenvalue weighted by molar-refractivity contribution is 7.74. The maximum Gasteiger partial charge on any atom is 0.0881 e. The summed E-state index contributed by atoms with van der Waals surface area (Å²) in [6, 6.07) is 0. The van der Waals surface area contributed by atoms with Crippen LogP contribution in [0.1, 0.15) is 12.8 Å². The smallest absolute Gasteiger partial charge is 0.0881 e. The highest BCUT2D eigenvalue weighted by Gasteiger charge is 2.26. The lowest BCUT2D eigenvalue weighted by molar-refractivity contribution is 0.0424. The van der Waals surface area contributed by atoms with Crippen LogP contribution in [0.15, 0.2) is 0 Å². The molecule has 0 bridgehead atoms. The Morgan fingerprint density at radius 1 is 1.19 bits per heavy atom. The quantitative estimate of drug-likeness (QED) is 0.260. The standard InChI is InChI=1S/C8H19NO6S/c10-5-8(6-11,7-12)9-3-1-2-4-15-16(13)14/h9-12H,1-7H2,(H,13,14)/p-1. The van der Waals surface area contributed by atoms with Gasteiger partial charge in [0.2, 0.25) is 0 Å². The van der Waals surface area contributed by atoms with Gasteiger partial charge in [-0.05, 0) is 19.4 Å². The van der Waals surface area contributed by atoms with Gasteiger partial charge in [-0.3, -0.25) is 0 Å². The Bertz CT molecular complexity index is 191. The number of aliphatic hydroxyl groups excluding tert-OH is 3. The van der Waals surface area contributed by atoms with E-state index in [9.17, 15) is 8.76 Å². The summed E-state index contributed by atoms with van der Waals surface area (Å²) < 4.78 is 24.3. The summed E-state index contributed by atoms with van der Waals surface area (Å²) in [7, 11) is 0. The van der Waals surface area contributed by atoms with Crippen LogP contribution in [0.2, 0.25) is 0 Å². The van der Waals surface area contributed by atoms with Gasteiger partial charge in [-0.1, -0.05) is 0 Å². The van der Waals surface area contributed by atoms with E-state index in [0.717, 1.165) is 0 Å². The molecular formula is C8H18NO6S-. The van der Waals surface area contributed by atoms with E-state index in [4.69, 9.17) is 15.3 Å². The number of aliphatic hydroxyl groups is 3. The molecule has 0 aromatic carbocycles. The first-order valence-electron chi connectivity index (χ1n) is 4.90. The second-order valence-corrected chi connectivity index (χ2v) is 4.06. The van der Waals surface area contributed by atoms with Gasteiger partial charge in [-0.15, -0.1) is 0 Å². The van der Waals surface area contributed by atoms with Crippen molar-refractivity contribution in [3.8, 4) is 0 Å². The zero-order valence-corrected chi connectivity index (χ0v) is 9.74. The third-order valence-corrected chi connectivity index (χ3v) is 2.52. The fraction of sp³-hybridized carbons (Fsp3) is 1.00. The van der Waals surface area contributed by atoms with Crippen LogP contribution in [-0.4, -0.2) is 62.6 Å². The van der Waals surface area contributed by atoms with Gasteiger partial charge in [0.25, 0.3) is 0 Å². The average molecular weight is 256 g/mol. The zero-order chi connectivity index (χ0) is 12.4. The largest absolute Gasteiger partial charge is 0.750 e. The van der Waals surface area contributed by atoms with Crippen LogP contribution < -0.4 is 5.32 Å². The zero-order valence-electron chi connectivity index (χ0n) is 8.92.